The van der Waals surface area contributed by atoms with Crippen molar-refractivity contribution in [3.8, 4) is 6.01 Å². The molecular weight excluding hydrogens is 441 g/mol. The van der Waals surface area contributed by atoms with E-state index in [2.05, 4.69) is 23.1 Å². The molecule has 3 aromatic heterocycles. The molecule has 0 unspecified atom stereocenters. The molecule has 3 heterocycles. The number of imidazole rings is 1. The molecule has 168 valence electrons. The second-order valence-electron chi connectivity index (χ2n) is 6.80. The van der Waals surface area contributed by atoms with Crippen LogP contribution in [0.3, 0.4) is 0 Å². The highest BCUT2D eigenvalue weighted by molar-refractivity contribution is 6.30. The van der Waals surface area contributed by atoms with Crippen LogP contribution in [0.4, 0.5) is 4.39 Å². The number of ether oxygens (including phenoxy) is 1. The van der Waals surface area contributed by atoms with Crippen molar-refractivity contribution in [2.75, 3.05) is 6.61 Å². The third-order valence-electron chi connectivity index (χ3n) is 4.56. The Morgan fingerprint density at radius 2 is 2.09 bits per heavy atom. The number of nitrogens with zero attached hydrogens (tertiary/aromatic N) is 5. The number of fused-ring (bicyclic) bond motifs is 1. The number of hydrogen-bond donors (Lipinski definition) is 1. The summed E-state index contributed by atoms with van der Waals surface area (Å²) >= 11 is 5.91. The molecule has 32 heavy (non-hydrogen) atoms. The van der Waals surface area contributed by atoms with Gasteiger partial charge >= 0.3 is 11.7 Å². The van der Waals surface area contributed by atoms with Crippen LogP contribution in [0.15, 0.2) is 64.8 Å². The molecule has 0 spiro atoms. The van der Waals surface area contributed by atoms with E-state index in [9.17, 15) is 14.0 Å². The summed E-state index contributed by atoms with van der Waals surface area (Å²) in [6.07, 6.45) is 3.94. The summed E-state index contributed by atoms with van der Waals surface area (Å²) in [5.74, 6) is -0.760. The van der Waals surface area contributed by atoms with E-state index in [1.807, 2.05) is 0 Å². The summed E-state index contributed by atoms with van der Waals surface area (Å²) in [6.45, 7) is 6.64. The van der Waals surface area contributed by atoms with Gasteiger partial charge in [-0.2, -0.15) is 4.98 Å². The molecule has 0 saturated carbocycles. The Labute approximate surface area is 187 Å². The zero-order valence-electron chi connectivity index (χ0n) is 17.3. The first kappa shape index (κ1) is 23.2. The van der Waals surface area contributed by atoms with Crippen LogP contribution >= 0.6 is 11.6 Å². The topological polar surface area (TPSA) is 104 Å². The van der Waals surface area contributed by atoms with Gasteiger partial charge in [0.25, 0.3) is 5.56 Å². The summed E-state index contributed by atoms with van der Waals surface area (Å²) in [5, 5.41) is 9.57. The minimum absolute atomic E-state index is 0.00345. The van der Waals surface area contributed by atoms with E-state index in [-0.39, 0.29) is 49.1 Å². The molecule has 9 nitrogen and oxygen atoms in total. The molecule has 0 aromatic carbocycles. The Balaban J connectivity index is 2.28. The molecule has 1 N–H and O–H groups in total. The van der Waals surface area contributed by atoms with Gasteiger partial charge in [-0.05, 0) is 24.6 Å². The minimum atomic E-state index is -0.763. The molecule has 0 aliphatic rings. The fraction of sp³-hybridized carbons (Fsp3) is 0.238. The first-order valence-corrected chi connectivity index (χ1v) is 9.92. The van der Waals surface area contributed by atoms with Crippen LogP contribution in [0.1, 0.15) is 12.1 Å². The third-order valence-corrected chi connectivity index (χ3v) is 4.78. The lowest BCUT2D eigenvalue weighted by atomic mass is 10.3. The molecule has 11 heteroatoms. The number of rotatable bonds is 9. The molecule has 0 fully saturated rings. The molecule has 3 aromatic rings. The van der Waals surface area contributed by atoms with Crippen LogP contribution in [0.5, 0.6) is 6.01 Å². The average Bonchev–Trinajstić information content (AvgIpc) is 3.11. The van der Waals surface area contributed by atoms with Gasteiger partial charge in [-0.1, -0.05) is 24.8 Å². The zero-order chi connectivity index (χ0) is 23.4. The maximum Gasteiger partial charge on any atom is 0.332 e. The number of aliphatic hydroxyl groups excluding tert-OH is 1. The lowest BCUT2D eigenvalue weighted by Gasteiger charge is -2.11. The normalized spacial score (nSPS) is 11.7. The zero-order valence-corrected chi connectivity index (χ0v) is 18.0. The Morgan fingerprint density at radius 3 is 2.69 bits per heavy atom. The fourth-order valence-electron chi connectivity index (χ4n) is 3.05. The second kappa shape index (κ2) is 9.75. The van der Waals surface area contributed by atoms with Gasteiger partial charge in [0.05, 0.1) is 17.3 Å². The number of aromatic nitrogens is 5. The number of pyridine rings is 1. The lowest BCUT2D eigenvalue weighted by Crippen LogP contribution is -2.40. The Bertz CT molecular complexity index is 1320. The SMILES string of the molecule is C=C/C(=C\C(=C)F)Oc1nc2c(c(=O)n(CCCO)c(=O)n2C)n1Cc1ccc(Cl)cn1. The number of aryl methyl sites for hydroxylation is 1. The molecule has 0 radical (unpaired) electrons. The second-order valence-corrected chi connectivity index (χ2v) is 7.23. The van der Waals surface area contributed by atoms with Crippen LogP contribution in [0.25, 0.3) is 11.2 Å². The van der Waals surface area contributed by atoms with Gasteiger partial charge in [0.1, 0.15) is 11.6 Å². The van der Waals surface area contributed by atoms with Gasteiger partial charge in [-0.3, -0.25) is 23.5 Å². The Kier molecular flexibility index (Phi) is 7.06. The highest BCUT2D eigenvalue weighted by Crippen LogP contribution is 2.22. The van der Waals surface area contributed by atoms with Gasteiger partial charge in [-0.15, -0.1) is 0 Å². The van der Waals surface area contributed by atoms with Crippen LogP contribution in [0.2, 0.25) is 5.02 Å². The smallest absolute Gasteiger partial charge is 0.332 e. The van der Waals surface area contributed by atoms with Crippen molar-refractivity contribution in [3.05, 3.63) is 86.8 Å². The van der Waals surface area contributed by atoms with Crippen molar-refractivity contribution in [2.24, 2.45) is 7.05 Å². The monoisotopic (exact) mass is 461 g/mol. The van der Waals surface area contributed by atoms with Crippen LogP contribution in [0, 0.1) is 0 Å². The maximum atomic E-state index is 13.3. The van der Waals surface area contributed by atoms with Crippen molar-refractivity contribution >= 4 is 22.8 Å². The molecular formula is C21H21ClFN5O4. The van der Waals surface area contributed by atoms with Gasteiger partial charge in [0.2, 0.25) is 0 Å². The van der Waals surface area contributed by atoms with Gasteiger partial charge in [0.15, 0.2) is 11.2 Å². The molecule has 0 atom stereocenters. The summed E-state index contributed by atoms with van der Waals surface area (Å²) in [6, 6.07) is 3.23. The molecule has 0 saturated heterocycles. The largest absolute Gasteiger partial charge is 0.425 e. The van der Waals surface area contributed by atoms with Crippen molar-refractivity contribution in [1.82, 2.24) is 23.7 Å². The Hall–Kier alpha value is -3.50. The highest BCUT2D eigenvalue weighted by Gasteiger charge is 2.22. The predicted octanol–water partition coefficient (Wildman–Crippen LogP) is 2.31. The number of hydrogen-bond acceptors (Lipinski definition) is 6. The van der Waals surface area contributed by atoms with Gasteiger partial charge in [-0.25, -0.2) is 9.18 Å². The van der Waals surface area contributed by atoms with Crippen LogP contribution in [-0.4, -0.2) is 35.4 Å². The van der Waals surface area contributed by atoms with Crippen molar-refractivity contribution < 1.29 is 14.2 Å². The van der Waals surface area contributed by atoms with Crippen molar-refractivity contribution in [1.29, 1.82) is 0 Å². The van der Waals surface area contributed by atoms with E-state index in [4.69, 9.17) is 21.4 Å². The molecule has 0 aliphatic heterocycles. The van der Waals surface area contributed by atoms with Crippen molar-refractivity contribution in [2.45, 2.75) is 19.5 Å². The summed E-state index contributed by atoms with van der Waals surface area (Å²) in [4.78, 5) is 34.5. The third kappa shape index (κ3) is 4.71. The van der Waals surface area contributed by atoms with E-state index >= 15 is 0 Å². The van der Waals surface area contributed by atoms with E-state index < -0.39 is 17.1 Å². The molecule has 3 rings (SSSR count). The summed E-state index contributed by atoms with van der Waals surface area (Å²) < 4.78 is 22.7. The summed E-state index contributed by atoms with van der Waals surface area (Å²) in [5.41, 5.74) is -0.501. The number of allylic oxidation sites excluding steroid dienone is 3. The first-order chi connectivity index (χ1) is 15.3. The standard InChI is InChI=1S/C21H21ClFN5O4/c1-4-16(10-13(2)23)32-20-25-18-17(28(20)12-15-7-6-14(22)11-24-15)19(30)27(8-5-9-29)21(31)26(18)3/h4,6-7,10-11,29H,1-2,5,8-9,12H2,3H3/b16-10+. The minimum Gasteiger partial charge on any atom is -0.425 e. The highest BCUT2D eigenvalue weighted by atomic mass is 35.5. The van der Waals surface area contributed by atoms with E-state index in [0.29, 0.717) is 10.7 Å². The molecule has 0 aliphatic carbocycles. The number of aliphatic hydroxyl groups is 1. The van der Waals surface area contributed by atoms with E-state index in [1.165, 1.54) is 28.5 Å². The predicted molar refractivity (Wildman–Crippen MR) is 118 cm³/mol. The van der Waals surface area contributed by atoms with Crippen molar-refractivity contribution in [3.63, 3.8) is 0 Å². The van der Waals surface area contributed by atoms with E-state index in [0.717, 1.165) is 10.6 Å². The van der Waals surface area contributed by atoms with Crippen LogP contribution in [-0.2, 0) is 20.1 Å². The molecule has 0 amide bonds. The fourth-order valence-corrected chi connectivity index (χ4v) is 3.17. The average molecular weight is 462 g/mol. The quantitative estimate of drug-likeness (QED) is 0.387. The van der Waals surface area contributed by atoms with Gasteiger partial charge in [0, 0.05) is 32.5 Å². The Morgan fingerprint density at radius 1 is 1.34 bits per heavy atom. The van der Waals surface area contributed by atoms with E-state index in [1.54, 1.807) is 12.1 Å². The number of halogens is 2. The van der Waals surface area contributed by atoms with Gasteiger partial charge < -0.3 is 9.84 Å². The first-order valence-electron chi connectivity index (χ1n) is 9.54. The maximum absolute atomic E-state index is 13.3. The molecule has 0 bridgehead atoms. The van der Waals surface area contributed by atoms with Crippen LogP contribution < -0.4 is 16.0 Å². The lowest BCUT2D eigenvalue weighted by molar-refractivity contribution is 0.277. The summed E-state index contributed by atoms with van der Waals surface area (Å²) in [7, 11) is 1.47.